The summed E-state index contributed by atoms with van der Waals surface area (Å²) in [6.45, 7) is 13.0. The molecule has 0 radical (unpaired) electrons. The fraction of sp³-hybridized carbons (Fsp3) is 0.116. The monoisotopic (exact) mass is 633 g/mol. The van der Waals surface area contributed by atoms with Crippen molar-refractivity contribution in [3.05, 3.63) is 180 Å². The van der Waals surface area contributed by atoms with Crippen molar-refractivity contribution >= 4 is 40.6 Å². The summed E-state index contributed by atoms with van der Waals surface area (Å²) in [6.07, 6.45) is 2.79. The number of rotatable bonds is 12. The van der Waals surface area contributed by atoms with Gasteiger partial charge in [-0.25, -0.2) is 9.59 Å². The van der Waals surface area contributed by atoms with E-state index >= 15 is 0 Å². The van der Waals surface area contributed by atoms with Gasteiger partial charge in [-0.3, -0.25) is 0 Å². The second kappa shape index (κ2) is 15.6. The molecule has 0 N–H and O–H groups in total. The van der Waals surface area contributed by atoms with Gasteiger partial charge in [-0.2, -0.15) is 0 Å². The fourth-order valence-electron chi connectivity index (χ4n) is 5.07. The average molecular weight is 634 g/mol. The van der Waals surface area contributed by atoms with Gasteiger partial charge in [0.05, 0.1) is 6.61 Å². The zero-order valence-electron chi connectivity index (χ0n) is 27.6. The second-order valence-corrected chi connectivity index (χ2v) is 11.7. The van der Waals surface area contributed by atoms with E-state index in [0.717, 1.165) is 44.9 Å². The van der Waals surface area contributed by atoms with Gasteiger partial charge in [-0.15, -0.1) is 0 Å². The first-order valence-corrected chi connectivity index (χ1v) is 15.8. The van der Waals surface area contributed by atoms with Gasteiger partial charge in [0.2, 0.25) is 0 Å². The largest absolute Gasteiger partial charge is 0.462 e. The predicted molar refractivity (Wildman–Crippen MR) is 196 cm³/mol. The van der Waals surface area contributed by atoms with Crippen molar-refractivity contribution in [3.8, 4) is 5.75 Å². The highest BCUT2D eigenvalue weighted by molar-refractivity contribution is 5.92. The molecule has 48 heavy (non-hydrogen) atoms. The average Bonchev–Trinajstić information content (AvgIpc) is 3.10. The van der Waals surface area contributed by atoms with Gasteiger partial charge in [0, 0.05) is 34.6 Å². The molecule has 0 aliphatic rings. The third-order valence-electron chi connectivity index (χ3n) is 7.73. The van der Waals surface area contributed by atoms with E-state index in [1.54, 1.807) is 26.0 Å². The second-order valence-electron chi connectivity index (χ2n) is 11.7. The number of anilines is 3. The Labute approximate surface area is 283 Å². The maximum absolute atomic E-state index is 12.0. The van der Waals surface area contributed by atoms with Crippen LogP contribution >= 0.6 is 0 Å². The van der Waals surface area contributed by atoms with E-state index in [1.165, 1.54) is 5.56 Å². The number of aryl methyl sites for hydroxylation is 1. The minimum absolute atomic E-state index is 0.305. The summed E-state index contributed by atoms with van der Waals surface area (Å²) in [5, 5.41) is 0. The summed E-state index contributed by atoms with van der Waals surface area (Å²) in [7, 11) is 0. The summed E-state index contributed by atoms with van der Waals surface area (Å²) in [4.78, 5) is 26.0. The Kier molecular flexibility index (Phi) is 10.8. The molecule has 5 nitrogen and oxygen atoms in total. The number of carbonyl (C=O) groups is 2. The van der Waals surface area contributed by atoms with Crippen LogP contribution in [0, 0.1) is 6.92 Å². The summed E-state index contributed by atoms with van der Waals surface area (Å²) in [5.41, 5.74) is 10.2. The van der Waals surface area contributed by atoms with Crippen molar-refractivity contribution in [2.45, 2.75) is 27.2 Å². The van der Waals surface area contributed by atoms with Crippen LogP contribution in [0.25, 0.3) is 11.6 Å². The van der Waals surface area contributed by atoms with Crippen molar-refractivity contribution in [1.29, 1.82) is 0 Å². The van der Waals surface area contributed by atoms with Crippen LogP contribution in [0.15, 0.2) is 152 Å². The molecule has 0 bridgehead atoms. The zero-order valence-corrected chi connectivity index (χ0v) is 27.6. The van der Waals surface area contributed by atoms with Crippen molar-refractivity contribution in [2.75, 3.05) is 11.5 Å². The van der Waals surface area contributed by atoms with E-state index in [-0.39, 0.29) is 5.97 Å². The molecule has 0 atom stereocenters. The lowest BCUT2D eigenvalue weighted by atomic mass is 9.95. The van der Waals surface area contributed by atoms with E-state index in [4.69, 9.17) is 9.47 Å². The quantitative estimate of drug-likeness (QED) is 0.0592. The number of carbonyl (C=O) groups excluding carboxylic acids is 2. The van der Waals surface area contributed by atoms with Gasteiger partial charge in [0.25, 0.3) is 0 Å². The lowest BCUT2D eigenvalue weighted by Crippen LogP contribution is -2.10. The fourth-order valence-corrected chi connectivity index (χ4v) is 5.07. The Hall–Kier alpha value is -5.94. The highest BCUT2D eigenvalue weighted by Gasteiger charge is 2.14. The smallest absolute Gasteiger partial charge is 0.338 e. The highest BCUT2D eigenvalue weighted by atomic mass is 16.5. The van der Waals surface area contributed by atoms with Crippen molar-refractivity contribution < 1.29 is 19.1 Å². The van der Waals surface area contributed by atoms with E-state index in [9.17, 15) is 9.59 Å². The first-order chi connectivity index (χ1) is 23.2. The van der Waals surface area contributed by atoms with Crippen LogP contribution in [-0.2, 0) is 20.7 Å². The van der Waals surface area contributed by atoms with E-state index in [2.05, 4.69) is 116 Å². The third-order valence-corrected chi connectivity index (χ3v) is 7.73. The number of hydrogen-bond acceptors (Lipinski definition) is 5. The molecule has 0 heterocycles. The molecule has 0 aliphatic carbocycles. The van der Waals surface area contributed by atoms with Crippen LogP contribution in [-0.4, -0.2) is 18.5 Å². The molecule has 5 aromatic carbocycles. The molecular weight excluding hydrogens is 594 g/mol. The number of ether oxygens (including phenoxy) is 2. The number of esters is 2. The van der Waals surface area contributed by atoms with Crippen LogP contribution in [0.5, 0.6) is 5.75 Å². The number of nitrogens with zero attached hydrogens (tertiary/aromatic N) is 1. The molecule has 0 aliphatic heterocycles. The molecule has 0 saturated carbocycles. The molecule has 0 fully saturated rings. The third kappa shape index (κ3) is 8.65. The molecule has 0 aromatic heterocycles. The maximum Gasteiger partial charge on any atom is 0.338 e. The Morgan fingerprint density at radius 3 is 1.73 bits per heavy atom. The van der Waals surface area contributed by atoms with Gasteiger partial charge in [0.15, 0.2) is 0 Å². The Morgan fingerprint density at radius 2 is 1.17 bits per heavy atom. The molecule has 0 spiro atoms. The SMILES string of the molecule is C=C(C)C(=O)OCCc1ccc(N(c2ccc(C)cc2)c2ccc(C=C(c3ccccc3)c3ccc(OC(=O)C(=C)C)cc3)cc2)cc1. The van der Waals surface area contributed by atoms with Crippen molar-refractivity contribution in [2.24, 2.45) is 0 Å². The summed E-state index contributed by atoms with van der Waals surface area (Å²) in [6, 6.07) is 43.0. The maximum atomic E-state index is 12.0. The summed E-state index contributed by atoms with van der Waals surface area (Å²) >= 11 is 0. The summed E-state index contributed by atoms with van der Waals surface area (Å²) in [5.74, 6) is -0.344. The minimum Gasteiger partial charge on any atom is -0.462 e. The van der Waals surface area contributed by atoms with Crippen LogP contribution in [0.2, 0.25) is 0 Å². The predicted octanol–water partition coefficient (Wildman–Crippen LogP) is 10.2. The lowest BCUT2D eigenvalue weighted by molar-refractivity contribution is -0.138. The Bertz CT molecular complexity index is 1920. The molecule has 0 amide bonds. The van der Waals surface area contributed by atoms with Gasteiger partial charge < -0.3 is 14.4 Å². The van der Waals surface area contributed by atoms with Gasteiger partial charge in [-0.05, 0) is 103 Å². The van der Waals surface area contributed by atoms with E-state index in [0.29, 0.717) is 29.9 Å². The topological polar surface area (TPSA) is 55.8 Å². The van der Waals surface area contributed by atoms with Crippen LogP contribution < -0.4 is 9.64 Å². The standard InChI is InChI=1S/C43H39NO4/c1-30(2)42(45)47-28-27-33-13-21-38(22-14-33)44(37-19-11-32(5)12-20-37)39-23-15-34(16-24-39)29-41(35-9-7-6-8-10-35)36-17-25-40(26-18-36)48-43(46)31(3)4/h6-26,29H,1,3,27-28H2,2,4-5H3. The van der Waals surface area contributed by atoms with Crippen LogP contribution in [0.1, 0.15) is 41.7 Å². The number of hydrogen-bond donors (Lipinski definition) is 0. The lowest BCUT2D eigenvalue weighted by Gasteiger charge is -2.26. The Balaban J connectivity index is 1.43. The number of benzene rings is 5. The normalized spacial score (nSPS) is 11.0. The summed E-state index contributed by atoms with van der Waals surface area (Å²) < 4.78 is 10.7. The van der Waals surface area contributed by atoms with Crippen molar-refractivity contribution in [1.82, 2.24) is 0 Å². The van der Waals surface area contributed by atoms with E-state index < -0.39 is 5.97 Å². The molecule has 5 aromatic rings. The molecular formula is C43H39NO4. The minimum atomic E-state index is -0.445. The van der Waals surface area contributed by atoms with Crippen LogP contribution in [0.4, 0.5) is 17.1 Å². The molecule has 5 heteroatoms. The molecule has 240 valence electrons. The first-order valence-electron chi connectivity index (χ1n) is 15.8. The molecule has 0 unspecified atom stereocenters. The van der Waals surface area contributed by atoms with Gasteiger partial charge in [-0.1, -0.05) is 97.6 Å². The highest BCUT2D eigenvalue weighted by Crippen LogP contribution is 2.36. The molecule has 5 rings (SSSR count). The Morgan fingerprint density at radius 1 is 0.646 bits per heavy atom. The molecule has 0 saturated heterocycles. The first kappa shape index (κ1) is 33.4. The van der Waals surface area contributed by atoms with Gasteiger partial charge in [0.1, 0.15) is 5.75 Å². The van der Waals surface area contributed by atoms with Crippen LogP contribution in [0.3, 0.4) is 0 Å². The van der Waals surface area contributed by atoms with Crippen molar-refractivity contribution in [3.63, 3.8) is 0 Å². The van der Waals surface area contributed by atoms with Gasteiger partial charge >= 0.3 is 11.9 Å². The van der Waals surface area contributed by atoms with E-state index in [1.807, 2.05) is 30.3 Å². The zero-order chi connectivity index (χ0) is 34.0.